The van der Waals surface area contributed by atoms with Crippen LogP contribution in [0.15, 0.2) is 218 Å². The van der Waals surface area contributed by atoms with E-state index in [2.05, 4.69) is 245 Å². The van der Waals surface area contributed by atoms with E-state index in [0.717, 1.165) is 93.9 Å². The van der Waals surface area contributed by atoms with Crippen molar-refractivity contribution in [3.63, 3.8) is 0 Å². The summed E-state index contributed by atoms with van der Waals surface area (Å²) in [6.45, 7) is 6.72. The van der Waals surface area contributed by atoms with E-state index in [1.165, 1.54) is 16.3 Å². The molecular weight excluding hydrogens is 791 g/mol. The van der Waals surface area contributed by atoms with Gasteiger partial charge >= 0.3 is 0 Å². The molecule has 4 heterocycles. The number of nitrogens with zero attached hydrogens (tertiary/aromatic N) is 5. The van der Waals surface area contributed by atoms with Crippen LogP contribution in [0, 0.1) is 0 Å². The number of hydrogen-bond donors (Lipinski definition) is 0. The maximum absolute atomic E-state index is 5.50. The molecular formula is C60H42N5-. The molecule has 5 nitrogen and oxygen atoms in total. The highest BCUT2D eigenvalue weighted by molar-refractivity contribution is 6.18. The summed E-state index contributed by atoms with van der Waals surface area (Å²) < 4.78 is 7.05. The molecule has 0 spiro atoms. The number of allylic oxidation sites excluding steroid dienone is 2. The fraction of sp³-hybridized carbons (Fsp3) is 0.0167. The van der Waals surface area contributed by atoms with Crippen molar-refractivity contribution in [1.82, 2.24) is 18.7 Å². The molecule has 0 amide bonds. The molecule has 0 radical (unpaired) electrons. The zero-order valence-corrected chi connectivity index (χ0v) is 35.8. The van der Waals surface area contributed by atoms with Gasteiger partial charge in [0.25, 0.3) is 0 Å². The molecule has 0 N–H and O–H groups in total. The van der Waals surface area contributed by atoms with Crippen molar-refractivity contribution in [2.24, 2.45) is 0 Å². The number of hydrogen-bond acceptors (Lipinski definition) is 1. The average Bonchev–Trinajstić information content (AvgIpc) is 3.98. The van der Waals surface area contributed by atoms with Crippen LogP contribution in [-0.2, 0) is 0 Å². The Morgan fingerprint density at radius 3 is 1.77 bits per heavy atom. The van der Waals surface area contributed by atoms with Gasteiger partial charge in [-0.2, -0.15) is 0 Å². The van der Waals surface area contributed by atoms with Gasteiger partial charge < -0.3 is 24.0 Å². The molecule has 0 saturated heterocycles. The zero-order chi connectivity index (χ0) is 43.4. The Morgan fingerprint density at radius 1 is 0.462 bits per heavy atom. The van der Waals surface area contributed by atoms with Crippen molar-refractivity contribution in [3.8, 4) is 39.4 Å². The molecule has 8 aromatic carbocycles. The van der Waals surface area contributed by atoms with Crippen molar-refractivity contribution in [2.75, 3.05) is 0 Å². The van der Waals surface area contributed by atoms with E-state index in [1.54, 1.807) is 0 Å². The maximum Gasteiger partial charge on any atom is 0.0788 e. The minimum absolute atomic E-state index is 0.616. The quantitative estimate of drug-likeness (QED) is 0.150. The predicted molar refractivity (Wildman–Crippen MR) is 274 cm³/mol. The largest absolute Gasteiger partial charge is 0.436 e. The average molecular weight is 833 g/mol. The second-order valence-corrected chi connectivity index (χ2v) is 16.4. The highest BCUT2D eigenvalue weighted by Crippen LogP contribution is 2.43. The van der Waals surface area contributed by atoms with E-state index in [9.17, 15) is 0 Å². The number of fused-ring (bicyclic) bond motifs is 8. The van der Waals surface area contributed by atoms with E-state index in [1.807, 2.05) is 6.92 Å². The van der Waals surface area contributed by atoms with Gasteiger partial charge in [-0.3, -0.25) is 0 Å². The van der Waals surface area contributed by atoms with Crippen molar-refractivity contribution in [1.29, 1.82) is 0 Å². The molecule has 0 aliphatic heterocycles. The monoisotopic (exact) mass is 832 g/mol. The first-order valence-electron chi connectivity index (χ1n) is 22.1. The fourth-order valence-corrected chi connectivity index (χ4v) is 9.75. The Hall–Kier alpha value is -8.67. The van der Waals surface area contributed by atoms with Crippen molar-refractivity contribution >= 4 is 78.7 Å². The van der Waals surface area contributed by atoms with Crippen LogP contribution < -0.4 is 10.6 Å². The minimum Gasteiger partial charge on any atom is -0.436 e. The Bertz CT molecular complexity index is 3930. The van der Waals surface area contributed by atoms with Crippen molar-refractivity contribution in [2.45, 2.75) is 6.92 Å². The molecule has 0 unspecified atom stereocenters. The number of rotatable bonds is 8. The van der Waals surface area contributed by atoms with Gasteiger partial charge in [0.2, 0.25) is 0 Å². The first-order valence-corrected chi connectivity index (χ1v) is 22.1. The van der Waals surface area contributed by atoms with Crippen LogP contribution >= 0.6 is 0 Å². The van der Waals surface area contributed by atoms with Crippen molar-refractivity contribution < 1.29 is 0 Å². The minimum atomic E-state index is 0.616. The van der Waals surface area contributed by atoms with E-state index in [4.69, 9.17) is 10.3 Å². The van der Waals surface area contributed by atoms with Gasteiger partial charge in [-0.15, -0.1) is 0 Å². The molecule has 12 aromatic rings. The lowest BCUT2D eigenvalue weighted by Crippen LogP contribution is -2.27. The van der Waals surface area contributed by atoms with Crippen LogP contribution in [0.2, 0.25) is 0 Å². The molecule has 0 aliphatic rings. The van der Waals surface area contributed by atoms with Crippen LogP contribution in [-0.4, -0.2) is 18.7 Å². The third-order valence-electron chi connectivity index (χ3n) is 12.6. The number of aromatic nitrogens is 4. The Morgan fingerprint density at radius 2 is 1.03 bits per heavy atom. The lowest BCUT2D eigenvalue weighted by molar-refractivity contribution is 1.05. The molecule has 0 aliphatic carbocycles. The van der Waals surface area contributed by atoms with E-state index >= 15 is 0 Å². The summed E-state index contributed by atoms with van der Waals surface area (Å²) >= 11 is 0. The first-order chi connectivity index (χ1) is 32.1. The van der Waals surface area contributed by atoms with Gasteiger partial charge in [0.1, 0.15) is 0 Å². The van der Waals surface area contributed by atoms with Gasteiger partial charge in [-0.1, -0.05) is 182 Å². The topological polar surface area (TPSA) is 41.8 Å². The number of para-hydroxylation sites is 5. The van der Waals surface area contributed by atoms with E-state index in [-0.39, 0.29) is 0 Å². The second-order valence-electron chi connectivity index (χ2n) is 16.4. The Balaban J connectivity index is 1.09. The second kappa shape index (κ2) is 15.6. The number of benzene rings is 8. The molecule has 65 heavy (non-hydrogen) atoms. The molecule has 0 saturated carbocycles. The van der Waals surface area contributed by atoms with Crippen LogP contribution in [0.1, 0.15) is 6.92 Å². The Kier molecular flexibility index (Phi) is 9.13. The van der Waals surface area contributed by atoms with Crippen LogP contribution in [0.25, 0.3) is 112 Å². The maximum atomic E-state index is 5.50. The van der Waals surface area contributed by atoms with Crippen LogP contribution in [0.4, 0.5) is 11.5 Å². The van der Waals surface area contributed by atoms with Gasteiger partial charge in [0.15, 0.2) is 0 Å². The molecule has 0 atom stereocenters. The van der Waals surface area contributed by atoms with E-state index < -0.39 is 0 Å². The molecule has 308 valence electrons. The lowest BCUT2D eigenvalue weighted by atomic mass is 10.0. The van der Waals surface area contributed by atoms with Crippen LogP contribution in [0.5, 0.6) is 0 Å². The lowest BCUT2D eigenvalue weighted by Gasteiger charge is -2.23. The normalized spacial score (nSPS) is 12.2. The summed E-state index contributed by atoms with van der Waals surface area (Å²) in [5.41, 5.74) is 12.8. The summed E-state index contributed by atoms with van der Waals surface area (Å²) in [5.74, 6) is 1.39. The van der Waals surface area contributed by atoms with Gasteiger partial charge in [0.05, 0.1) is 32.9 Å². The van der Waals surface area contributed by atoms with Gasteiger partial charge in [0, 0.05) is 49.3 Å². The highest BCUT2D eigenvalue weighted by atomic mass is 15.1. The fourth-order valence-electron chi connectivity index (χ4n) is 9.75. The van der Waals surface area contributed by atoms with Crippen LogP contribution in [0.3, 0.4) is 0 Å². The molecule has 5 heteroatoms. The summed E-state index contributed by atoms with van der Waals surface area (Å²) in [6, 6.07) is 73.0. The smallest absolute Gasteiger partial charge is 0.0788 e. The molecule has 0 fully saturated rings. The van der Waals surface area contributed by atoms with E-state index in [0.29, 0.717) is 5.82 Å². The van der Waals surface area contributed by atoms with Gasteiger partial charge in [-0.05, 0) is 89.5 Å². The third-order valence-corrected chi connectivity index (χ3v) is 12.6. The van der Waals surface area contributed by atoms with Crippen molar-refractivity contribution in [3.05, 3.63) is 234 Å². The number of pyridine rings is 1. The molecule has 12 rings (SSSR count). The first kappa shape index (κ1) is 38.0. The molecule has 0 bridgehead atoms. The SMILES string of the molecule is C=c1/c(=C\C=C/C)n(-c2ccccc2)c2c1ccc1c3ccccc3n(-c3cc(-c4ccccc4)cc([N-]c4ccccc4-c4ccc5c6ccccc6n(-c6ccccc6)c5c4)n3)c12. The summed E-state index contributed by atoms with van der Waals surface area (Å²) in [4.78, 5) is 5.50. The summed E-state index contributed by atoms with van der Waals surface area (Å²) in [7, 11) is 0. The molecule has 4 aromatic heterocycles. The highest BCUT2D eigenvalue weighted by Gasteiger charge is 2.20. The predicted octanol–water partition coefficient (Wildman–Crippen LogP) is 14.7. The van der Waals surface area contributed by atoms with Gasteiger partial charge in [-0.25, -0.2) is 0 Å². The summed E-state index contributed by atoms with van der Waals surface area (Å²) in [5, 5.41) is 13.3. The summed E-state index contributed by atoms with van der Waals surface area (Å²) in [6.07, 6.45) is 6.31. The Labute approximate surface area is 376 Å². The standard InChI is InChI=1S/C60H42N5/c1-3-4-30-53-40(2)46-35-36-51-49-28-16-19-32-55(49)65(60(51)59(46)64(53)45-24-12-7-13-25-45)58-39-43(41-20-8-5-9-21-41)38-57(62-58)61-52-29-17-14-26-47(52)42-33-34-50-48-27-15-18-31-54(48)63(56(50)37-42)44-22-10-6-11-23-44/h3-39H,2H2,1H3/q-1/b4-3-,53-30+. The zero-order valence-electron chi connectivity index (χ0n) is 35.8. The third kappa shape index (κ3) is 6.28.